The number of nitrogens with zero attached hydrogens (tertiary/aromatic N) is 2. The molecule has 5 nitrogen and oxygen atoms in total. The molecule has 5 heteroatoms. The van der Waals surface area contributed by atoms with Crippen molar-refractivity contribution in [3.8, 4) is 0 Å². The number of hydrogen-bond donors (Lipinski definition) is 1. The Hall–Kier alpha value is -0.880. The van der Waals surface area contributed by atoms with E-state index in [2.05, 4.69) is 23.6 Å². The summed E-state index contributed by atoms with van der Waals surface area (Å²) >= 11 is 0. The first-order chi connectivity index (χ1) is 10.1. The van der Waals surface area contributed by atoms with Crippen LogP contribution >= 0.6 is 0 Å². The third-order valence-corrected chi connectivity index (χ3v) is 4.12. The molecular weight excluding hydrogens is 268 g/mol. The van der Waals surface area contributed by atoms with Crippen molar-refractivity contribution in [1.82, 2.24) is 9.80 Å². The van der Waals surface area contributed by atoms with Gasteiger partial charge in [-0.3, -0.25) is 9.80 Å². The molecule has 0 aromatic carbocycles. The lowest BCUT2D eigenvalue weighted by molar-refractivity contribution is 0.0318. The van der Waals surface area contributed by atoms with Gasteiger partial charge < -0.3 is 14.3 Å². The summed E-state index contributed by atoms with van der Waals surface area (Å²) in [5.74, 6) is 1.86. The molecule has 0 bridgehead atoms. The molecule has 1 fully saturated rings. The lowest BCUT2D eigenvalue weighted by atomic mass is 10.1. The van der Waals surface area contributed by atoms with Crippen LogP contribution in [0.5, 0.6) is 0 Å². The zero-order valence-electron chi connectivity index (χ0n) is 13.4. The van der Waals surface area contributed by atoms with Crippen LogP contribution in [0.1, 0.15) is 31.8 Å². The van der Waals surface area contributed by atoms with Crippen LogP contribution in [-0.4, -0.2) is 60.3 Å². The highest BCUT2D eigenvalue weighted by Gasteiger charge is 2.28. The monoisotopic (exact) mass is 296 g/mol. The number of methoxy groups -OCH3 is 1. The molecule has 1 aromatic rings. The van der Waals surface area contributed by atoms with Crippen LogP contribution in [-0.2, 0) is 17.9 Å². The Morgan fingerprint density at radius 3 is 2.76 bits per heavy atom. The zero-order chi connectivity index (χ0) is 15.2. The molecule has 1 aromatic heterocycles. The maximum absolute atomic E-state index is 9.28. The summed E-state index contributed by atoms with van der Waals surface area (Å²) in [4.78, 5) is 4.90. The second-order valence-corrected chi connectivity index (χ2v) is 6.03. The summed E-state index contributed by atoms with van der Waals surface area (Å²) in [6.07, 6.45) is 0.835. The Morgan fingerprint density at radius 1 is 1.33 bits per heavy atom. The standard InChI is InChI=1S/C16H28N2O3/c1-13(2)18-8-7-17(10-14(18)6-9-19)11-15-4-5-16(21-15)12-20-3/h4-5,13-14,19H,6-12H2,1-3H3. The van der Waals surface area contributed by atoms with Crippen LogP contribution in [0.2, 0.25) is 0 Å². The Kier molecular flexibility index (Phi) is 6.23. The smallest absolute Gasteiger partial charge is 0.129 e. The van der Waals surface area contributed by atoms with Crippen molar-refractivity contribution in [2.75, 3.05) is 33.4 Å². The van der Waals surface area contributed by atoms with E-state index in [1.807, 2.05) is 12.1 Å². The highest BCUT2D eigenvalue weighted by Crippen LogP contribution is 2.19. The molecule has 1 aliphatic heterocycles. The van der Waals surface area contributed by atoms with Crippen LogP contribution in [0.15, 0.2) is 16.5 Å². The molecule has 2 heterocycles. The van der Waals surface area contributed by atoms with Crippen molar-refractivity contribution in [2.45, 2.75) is 45.5 Å². The van der Waals surface area contributed by atoms with E-state index < -0.39 is 0 Å². The molecule has 0 radical (unpaired) electrons. The Morgan fingerprint density at radius 2 is 2.10 bits per heavy atom. The van der Waals surface area contributed by atoms with Crippen LogP contribution in [0.3, 0.4) is 0 Å². The number of hydrogen-bond acceptors (Lipinski definition) is 5. The predicted molar refractivity (Wildman–Crippen MR) is 82.0 cm³/mol. The van der Waals surface area contributed by atoms with Crippen LogP contribution < -0.4 is 0 Å². The molecule has 1 N–H and O–H groups in total. The fraction of sp³-hybridized carbons (Fsp3) is 0.750. The quantitative estimate of drug-likeness (QED) is 0.830. The number of rotatable bonds is 7. The molecule has 120 valence electrons. The van der Waals surface area contributed by atoms with E-state index in [9.17, 15) is 5.11 Å². The molecule has 1 saturated heterocycles. The lowest BCUT2D eigenvalue weighted by Crippen LogP contribution is -2.55. The van der Waals surface area contributed by atoms with E-state index in [4.69, 9.17) is 9.15 Å². The maximum Gasteiger partial charge on any atom is 0.129 e. The van der Waals surface area contributed by atoms with Crippen molar-refractivity contribution in [1.29, 1.82) is 0 Å². The van der Waals surface area contributed by atoms with Crippen molar-refractivity contribution in [2.24, 2.45) is 0 Å². The lowest BCUT2D eigenvalue weighted by Gasteiger charge is -2.43. The fourth-order valence-corrected chi connectivity index (χ4v) is 3.11. The van der Waals surface area contributed by atoms with Gasteiger partial charge in [0.1, 0.15) is 18.1 Å². The van der Waals surface area contributed by atoms with Gasteiger partial charge in [-0.15, -0.1) is 0 Å². The number of furan rings is 1. The molecule has 0 spiro atoms. The molecule has 1 unspecified atom stereocenters. The summed E-state index contributed by atoms with van der Waals surface area (Å²) in [6, 6.07) is 4.97. The first-order valence-electron chi connectivity index (χ1n) is 7.79. The van der Waals surface area contributed by atoms with Crippen LogP contribution in [0.4, 0.5) is 0 Å². The average molecular weight is 296 g/mol. The third-order valence-electron chi connectivity index (χ3n) is 4.12. The van der Waals surface area contributed by atoms with E-state index in [-0.39, 0.29) is 6.61 Å². The minimum Gasteiger partial charge on any atom is -0.462 e. The van der Waals surface area contributed by atoms with E-state index in [0.29, 0.717) is 18.7 Å². The van der Waals surface area contributed by atoms with Gasteiger partial charge >= 0.3 is 0 Å². The van der Waals surface area contributed by atoms with Gasteiger partial charge in [-0.25, -0.2) is 0 Å². The fourth-order valence-electron chi connectivity index (χ4n) is 3.11. The molecule has 21 heavy (non-hydrogen) atoms. The van der Waals surface area contributed by atoms with Gasteiger partial charge in [0.05, 0.1) is 6.54 Å². The molecule has 0 saturated carbocycles. The van der Waals surface area contributed by atoms with Crippen molar-refractivity contribution in [3.63, 3.8) is 0 Å². The first kappa shape index (κ1) is 16.5. The molecule has 0 amide bonds. The van der Waals surface area contributed by atoms with E-state index in [0.717, 1.165) is 44.1 Å². The first-order valence-corrected chi connectivity index (χ1v) is 7.79. The average Bonchev–Trinajstić information content (AvgIpc) is 2.87. The number of aliphatic hydroxyl groups is 1. The molecule has 1 atom stereocenters. The molecular formula is C16H28N2O3. The second kappa shape index (κ2) is 7.94. The molecule has 1 aliphatic rings. The van der Waals surface area contributed by atoms with E-state index >= 15 is 0 Å². The Labute approximate surface area is 127 Å². The summed E-state index contributed by atoms with van der Waals surface area (Å²) < 4.78 is 10.8. The predicted octanol–water partition coefficient (Wildman–Crippen LogP) is 1.70. The SMILES string of the molecule is COCc1ccc(CN2CCN(C(C)C)C(CCO)C2)o1. The van der Waals surface area contributed by atoms with Crippen molar-refractivity contribution >= 4 is 0 Å². The Bertz CT molecular complexity index is 419. The Balaban J connectivity index is 1.92. The highest BCUT2D eigenvalue weighted by molar-refractivity contribution is 5.06. The zero-order valence-corrected chi connectivity index (χ0v) is 13.4. The minimum atomic E-state index is 0.250. The minimum absolute atomic E-state index is 0.250. The van der Waals surface area contributed by atoms with Crippen LogP contribution in [0, 0.1) is 0 Å². The number of aliphatic hydroxyl groups excluding tert-OH is 1. The third kappa shape index (κ3) is 4.54. The van der Waals surface area contributed by atoms with Crippen LogP contribution in [0.25, 0.3) is 0 Å². The summed E-state index contributed by atoms with van der Waals surface area (Å²) in [5, 5.41) is 9.28. The number of ether oxygens (including phenoxy) is 1. The second-order valence-electron chi connectivity index (χ2n) is 6.03. The maximum atomic E-state index is 9.28. The highest BCUT2D eigenvalue weighted by atomic mass is 16.5. The van der Waals surface area contributed by atoms with Gasteiger partial charge in [-0.1, -0.05) is 0 Å². The van der Waals surface area contributed by atoms with Crippen molar-refractivity contribution < 1.29 is 14.3 Å². The van der Waals surface area contributed by atoms with Gasteiger partial charge in [-0.2, -0.15) is 0 Å². The summed E-state index contributed by atoms with van der Waals surface area (Å²) in [5.41, 5.74) is 0. The summed E-state index contributed by atoms with van der Waals surface area (Å²) in [6.45, 7) is 9.13. The van der Waals surface area contributed by atoms with E-state index in [1.165, 1.54) is 0 Å². The van der Waals surface area contributed by atoms with E-state index in [1.54, 1.807) is 7.11 Å². The van der Waals surface area contributed by atoms with Gasteiger partial charge in [0, 0.05) is 45.4 Å². The van der Waals surface area contributed by atoms with Gasteiger partial charge in [0.2, 0.25) is 0 Å². The summed E-state index contributed by atoms with van der Waals surface area (Å²) in [7, 11) is 1.67. The van der Waals surface area contributed by atoms with Crippen molar-refractivity contribution in [3.05, 3.63) is 23.7 Å². The number of piperazine rings is 1. The van der Waals surface area contributed by atoms with Gasteiger partial charge in [-0.05, 0) is 32.4 Å². The topological polar surface area (TPSA) is 49.1 Å². The normalized spacial score (nSPS) is 21.3. The molecule has 2 rings (SSSR count). The van der Waals surface area contributed by atoms with Gasteiger partial charge in [0.25, 0.3) is 0 Å². The van der Waals surface area contributed by atoms with Gasteiger partial charge in [0.15, 0.2) is 0 Å². The molecule has 0 aliphatic carbocycles. The largest absolute Gasteiger partial charge is 0.462 e.